The van der Waals surface area contributed by atoms with E-state index in [0.717, 1.165) is 5.56 Å². The van der Waals surface area contributed by atoms with Gasteiger partial charge in [0.1, 0.15) is 0 Å². The minimum atomic E-state index is -0.465. The van der Waals surface area contributed by atoms with Crippen molar-refractivity contribution in [3.63, 3.8) is 0 Å². The van der Waals surface area contributed by atoms with Gasteiger partial charge in [-0.3, -0.25) is 14.5 Å². The van der Waals surface area contributed by atoms with Gasteiger partial charge in [-0.1, -0.05) is 12.1 Å². The number of benzene rings is 1. The number of nitrogens with zero attached hydrogens (tertiary/aromatic N) is 1. The summed E-state index contributed by atoms with van der Waals surface area (Å²) in [5, 5.41) is 2.78. The molecule has 0 aliphatic heterocycles. The van der Waals surface area contributed by atoms with Crippen molar-refractivity contribution in [3.8, 4) is 0 Å². The molecule has 19 heavy (non-hydrogen) atoms. The van der Waals surface area contributed by atoms with Crippen LogP contribution in [0.15, 0.2) is 24.3 Å². The number of rotatable bonds is 6. The van der Waals surface area contributed by atoms with Crippen molar-refractivity contribution >= 4 is 17.5 Å². The predicted octanol–water partition coefficient (Wildman–Crippen LogP) is -0.111. The molecule has 2 amide bonds. The number of primary amides is 1. The van der Waals surface area contributed by atoms with Gasteiger partial charge in [0, 0.05) is 12.2 Å². The van der Waals surface area contributed by atoms with Gasteiger partial charge >= 0.3 is 0 Å². The Hall–Kier alpha value is -1.92. The highest BCUT2D eigenvalue weighted by molar-refractivity contribution is 5.94. The van der Waals surface area contributed by atoms with Crippen LogP contribution in [0.5, 0.6) is 0 Å². The van der Waals surface area contributed by atoms with E-state index in [1.807, 2.05) is 18.2 Å². The van der Waals surface area contributed by atoms with Crippen LogP contribution < -0.4 is 16.8 Å². The lowest BCUT2D eigenvalue weighted by atomic mass is 10.2. The van der Waals surface area contributed by atoms with E-state index in [-0.39, 0.29) is 12.5 Å². The van der Waals surface area contributed by atoms with Gasteiger partial charge in [0.05, 0.1) is 12.6 Å². The molecule has 1 aromatic rings. The van der Waals surface area contributed by atoms with Gasteiger partial charge < -0.3 is 16.8 Å². The third kappa shape index (κ3) is 4.69. The Bertz CT molecular complexity index is 462. The van der Waals surface area contributed by atoms with Crippen molar-refractivity contribution in [3.05, 3.63) is 29.8 Å². The van der Waals surface area contributed by atoms with Crippen molar-refractivity contribution in [2.75, 3.05) is 18.9 Å². The Morgan fingerprint density at radius 3 is 2.68 bits per heavy atom. The molecule has 0 spiro atoms. The molecule has 0 saturated carbocycles. The van der Waals surface area contributed by atoms with Crippen molar-refractivity contribution < 1.29 is 9.59 Å². The van der Waals surface area contributed by atoms with Crippen LogP contribution in [0, 0.1) is 0 Å². The summed E-state index contributed by atoms with van der Waals surface area (Å²) in [5.41, 5.74) is 12.3. The highest BCUT2D eigenvalue weighted by Crippen LogP contribution is 2.11. The number of carbonyl (C=O) groups excluding carboxylic acids is 2. The van der Waals surface area contributed by atoms with Crippen molar-refractivity contribution in [1.29, 1.82) is 0 Å². The Labute approximate surface area is 112 Å². The van der Waals surface area contributed by atoms with Crippen LogP contribution in [-0.4, -0.2) is 36.3 Å². The lowest BCUT2D eigenvalue weighted by Crippen LogP contribution is -2.43. The minimum Gasteiger partial charge on any atom is -0.369 e. The van der Waals surface area contributed by atoms with Gasteiger partial charge in [-0.15, -0.1) is 0 Å². The van der Waals surface area contributed by atoms with E-state index in [0.29, 0.717) is 12.2 Å². The number of anilines is 1. The first-order valence-electron chi connectivity index (χ1n) is 6.02. The summed E-state index contributed by atoms with van der Waals surface area (Å²) >= 11 is 0. The van der Waals surface area contributed by atoms with E-state index in [4.69, 9.17) is 11.5 Å². The Kier molecular flexibility index (Phi) is 5.47. The van der Waals surface area contributed by atoms with E-state index in [2.05, 4.69) is 5.32 Å². The second-order valence-corrected chi connectivity index (χ2v) is 4.45. The fourth-order valence-corrected chi connectivity index (χ4v) is 1.61. The molecule has 5 N–H and O–H groups in total. The molecule has 104 valence electrons. The Morgan fingerprint density at radius 2 is 2.11 bits per heavy atom. The summed E-state index contributed by atoms with van der Waals surface area (Å²) in [6.45, 7) is 2.17. The van der Waals surface area contributed by atoms with Crippen LogP contribution in [0.1, 0.15) is 12.5 Å². The normalized spacial score (nSPS) is 12.2. The van der Waals surface area contributed by atoms with E-state index in [1.54, 1.807) is 24.9 Å². The molecule has 1 unspecified atom stereocenters. The topological polar surface area (TPSA) is 101 Å². The fraction of sp³-hybridized carbons (Fsp3) is 0.385. The molecule has 0 aliphatic rings. The molecule has 0 radical (unpaired) electrons. The van der Waals surface area contributed by atoms with E-state index >= 15 is 0 Å². The molecule has 1 rings (SSSR count). The second kappa shape index (κ2) is 6.86. The number of nitrogens with two attached hydrogens (primary N) is 2. The smallest absolute Gasteiger partial charge is 0.241 e. The SMILES string of the molecule is CC(C(=O)Nc1cccc(CN)c1)N(C)CC(N)=O. The van der Waals surface area contributed by atoms with Crippen LogP contribution in [0.3, 0.4) is 0 Å². The highest BCUT2D eigenvalue weighted by atomic mass is 16.2. The summed E-state index contributed by atoms with van der Waals surface area (Å²) in [5.74, 6) is -0.662. The zero-order valence-electron chi connectivity index (χ0n) is 11.2. The zero-order chi connectivity index (χ0) is 14.4. The van der Waals surface area contributed by atoms with Crippen LogP contribution in [0.2, 0.25) is 0 Å². The van der Waals surface area contributed by atoms with Crippen molar-refractivity contribution in [2.24, 2.45) is 11.5 Å². The maximum Gasteiger partial charge on any atom is 0.241 e. The summed E-state index contributed by atoms with van der Waals surface area (Å²) in [6.07, 6.45) is 0. The predicted molar refractivity (Wildman–Crippen MR) is 74.2 cm³/mol. The third-order valence-corrected chi connectivity index (χ3v) is 2.88. The molecule has 0 heterocycles. The van der Waals surface area contributed by atoms with Crippen LogP contribution in [0.4, 0.5) is 5.69 Å². The molecule has 1 aromatic carbocycles. The van der Waals surface area contributed by atoms with Crippen LogP contribution in [0.25, 0.3) is 0 Å². The molecule has 0 fully saturated rings. The number of hydrogen-bond donors (Lipinski definition) is 3. The number of likely N-dealkylation sites (N-methyl/N-ethyl adjacent to an activating group) is 1. The summed E-state index contributed by atoms with van der Waals surface area (Å²) < 4.78 is 0. The van der Waals surface area contributed by atoms with Crippen LogP contribution in [-0.2, 0) is 16.1 Å². The molecule has 1 atom stereocenters. The van der Waals surface area contributed by atoms with Crippen LogP contribution >= 0.6 is 0 Å². The van der Waals surface area contributed by atoms with Crippen molar-refractivity contribution in [2.45, 2.75) is 19.5 Å². The molecule has 6 nitrogen and oxygen atoms in total. The maximum absolute atomic E-state index is 12.0. The molecular weight excluding hydrogens is 244 g/mol. The van der Waals surface area contributed by atoms with E-state index in [9.17, 15) is 9.59 Å². The van der Waals surface area contributed by atoms with Crippen molar-refractivity contribution in [1.82, 2.24) is 4.90 Å². The van der Waals surface area contributed by atoms with Gasteiger partial charge in [-0.05, 0) is 31.7 Å². The Balaban J connectivity index is 2.65. The maximum atomic E-state index is 12.0. The van der Waals surface area contributed by atoms with Gasteiger partial charge in [0.25, 0.3) is 0 Å². The van der Waals surface area contributed by atoms with Gasteiger partial charge in [0.2, 0.25) is 11.8 Å². The fourth-order valence-electron chi connectivity index (χ4n) is 1.61. The third-order valence-electron chi connectivity index (χ3n) is 2.88. The quantitative estimate of drug-likeness (QED) is 0.667. The first-order valence-corrected chi connectivity index (χ1v) is 6.02. The average molecular weight is 264 g/mol. The summed E-state index contributed by atoms with van der Waals surface area (Å²) in [6, 6.07) is 6.87. The van der Waals surface area contributed by atoms with Gasteiger partial charge in [0.15, 0.2) is 0 Å². The lowest BCUT2D eigenvalue weighted by Gasteiger charge is -2.22. The largest absolute Gasteiger partial charge is 0.369 e. The average Bonchev–Trinajstić information content (AvgIpc) is 2.37. The van der Waals surface area contributed by atoms with Gasteiger partial charge in [-0.2, -0.15) is 0 Å². The number of carbonyl (C=O) groups is 2. The lowest BCUT2D eigenvalue weighted by molar-refractivity contribution is -0.123. The summed E-state index contributed by atoms with van der Waals surface area (Å²) in [7, 11) is 1.67. The number of nitrogens with one attached hydrogen (secondary N) is 1. The molecule has 0 saturated heterocycles. The Morgan fingerprint density at radius 1 is 1.42 bits per heavy atom. The summed E-state index contributed by atoms with van der Waals surface area (Å²) in [4.78, 5) is 24.4. The number of amides is 2. The molecule has 6 heteroatoms. The molecular formula is C13H20N4O2. The number of hydrogen-bond acceptors (Lipinski definition) is 4. The molecule has 0 aliphatic carbocycles. The monoisotopic (exact) mass is 264 g/mol. The zero-order valence-corrected chi connectivity index (χ0v) is 11.2. The second-order valence-electron chi connectivity index (χ2n) is 4.45. The van der Waals surface area contributed by atoms with Gasteiger partial charge in [-0.25, -0.2) is 0 Å². The van der Waals surface area contributed by atoms with E-state index < -0.39 is 11.9 Å². The highest BCUT2D eigenvalue weighted by Gasteiger charge is 2.19. The minimum absolute atomic E-state index is 0.0391. The standard InChI is InChI=1S/C13H20N4O2/c1-9(17(2)8-12(15)18)13(19)16-11-5-3-4-10(6-11)7-14/h3-6,9H,7-8,14H2,1-2H3,(H2,15,18)(H,16,19). The molecule has 0 aromatic heterocycles. The molecule has 0 bridgehead atoms. The first kappa shape index (κ1) is 15.1. The van der Waals surface area contributed by atoms with E-state index in [1.165, 1.54) is 0 Å². The first-order chi connectivity index (χ1) is 8.93.